The number of hydrogen-bond acceptors (Lipinski definition) is 7. The Kier molecular flexibility index (Phi) is 6.68. The summed E-state index contributed by atoms with van der Waals surface area (Å²) in [5, 5.41) is 14.7. The number of rotatable bonds is 8. The van der Waals surface area contributed by atoms with Crippen LogP contribution < -0.4 is 15.4 Å². The number of hydrogen-bond donors (Lipinski definition) is 3. The predicted molar refractivity (Wildman–Crippen MR) is 106 cm³/mol. The number of halogens is 2. The van der Waals surface area contributed by atoms with Crippen molar-refractivity contribution in [1.29, 1.82) is 0 Å². The van der Waals surface area contributed by atoms with Gasteiger partial charge < -0.3 is 20.5 Å². The van der Waals surface area contributed by atoms with Gasteiger partial charge in [0.25, 0.3) is 5.91 Å². The van der Waals surface area contributed by atoms with Gasteiger partial charge in [0.15, 0.2) is 5.69 Å². The van der Waals surface area contributed by atoms with Crippen LogP contribution >= 0.6 is 11.3 Å². The summed E-state index contributed by atoms with van der Waals surface area (Å²) >= 11 is 0.963. The summed E-state index contributed by atoms with van der Waals surface area (Å²) in [4.78, 5) is 20.9. The average Bonchev–Trinajstić information content (AvgIpc) is 3.13. The van der Waals surface area contributed by atoms with Crippen LogP contribution in [-0.2, 0) is 0 Å². The van der Waals surface area contributed by atoms with Crippen molar-refractivity contribution >= 4 is 27.9 Å². The molecule has 0 bridgehead atoms. The van der Waals surface area contributed by atoms with E-state index in [1.54, 1.807) is 13.1 Å². The van der Waals surface area contributed by atoms with E-state index in [0.29, 0.717) is 22.9 Å². The fraction of sp³-hybridized carbons (Fsp3) is 0.211. The molecule has 152 valence electrons. The second-order valence-corrected chi connectivity index (χ2v) is 6.79. The van der Waals surface area contributed by atoms with Crippen LogP contribution in [-0.4, -0.2) is 41.2 Å². The first-order chi connectivity index (χ1) is 14.0. The van der Waals surface area contributed by atoms with Gasteiger partial charge in [0.05, 0.1) is 18.4 Å². The number of pyridine rings is 1. The Labute approximate surface area is 169 Å². The quantitative estimate of drug-likeness (QED) is 0.483. The Morgan fingerprint density at radius 3 is 2.72 bits per heavy atom. The zero-order chi connectivity index (χ0) is 20.8. The average molecular weight is 420 g/mol. The molecule has 1 aromatic carbocycles. The summed E-state index contributed by atoms with van der Waals surface area (Å²) < 4.78 is 33.7. The zero-order valence-corrected chi connectivity index (χ0v) is 16.2. The number of carbonyl (C=O) groups excluding carboxylic acids is 1. The maximum atomic E-state index is 14.1. The van der Waals surface area contributed by atoms with Crippen molar-refractivity contribution in [3.63, 3.8) is 0 Å². The summed E-state index contributed by atoms with van der Waals surface area (Å²) in [6.07, 6.45) is 3.35. The van der Waals surface area contributed by atoms with E-state index in [1.165, 1.54) is 18.5 Å². The molecule has 1 amide bonds. The van der Waals surface area contributed by atoms with Crippen molar-refractivity contribution in [1.82, 2.24) is 9.97 Å². The van der Waals surface area contributed by atoms with E-state index in [1.807, 2.05) is 0 Å². The third kappa shape index (κ3) is 4.66. The molecule has 0 aliphatic heterocycles. The normalized spacial score (nSPS) is 10.6. The molecular formula is C19H18F2N4O3S. The van der Waals surface area contributed by atoms with E-state index in [4.69, 9.17) is 9.84 Å². The van der Waals surface area contributed by atoms with Gasteiger partial charge in [0.2, 0.25) is 0 Å². The maximum Gasteiger partial charge on any atom is 0.277 e. The minimum Gasteiger partial charge on any atom is -0.491 e. The molecule has 0 fully saturated rings. The Morgan fingerprint density at radius 1 is 1.28 bits per heavy atom. The van der Waals surface area contributed by atoms with Crippen molar-refractivity contribution in [2.24, 2.45) is 0 Å². The van der Waals surface area contributed by atoms with E-state index in [0.717, 1.165) is 23.5 Å². The van der Waals surface area contributed by atoms with E-state index in [-0.39, 0.29) is 29.5 Å². The van der Waals surface area contributed by atoms with E-state index >= 15 is 0 Å². The van der Waals surface area contributed by atoms with Gasteiger partial charge in [-0.2, -0.15) is 0 Å². The van der Waals surface area contributed by atoms with Gasteiger partial charge in [0.1, 0.15) is 33.1 Å². The van der Waals surface area contributed by atoms with Crippen LogP contribution in [0.25, 0.3) is 10.6 Å². The molecule has 0 radical (unpaired) electrons. The van der Waals surface area contributed by atoms with Crippen LogP contribution in [0.1, 0.15) is 16.9 Å². The highest BCUT2D eigenvalue weighted by molar-refractivity contribution is 7.19. The molecular weight excluding hydrogens is 402 g/mol. The topological polar surface area (TPSA) is 96.4 Å². The Hall–Kier alpha value is -3.11. The molecule has 0 aliphatic rings. The number of nitrogens with one attached hydrogen (secondary N) is 2. The van der Waals surface area contributed by atoms with Crippen LogP contribution in [0.15, 0.2) is 36.7 Å². The molecule has 3 N–H and O–H groups in total. The number of thiazole rings is 1. The molecule has 29 heavy (non-hydrogen) atoms. The Balaban J connectivity index is 1.88. The lowest BCUT2D eigenvalue weighted by Gasteiger charge is -2.11. The number of carbonyl (C=O) groups is 1. The minimum absolute atomic E-state index is 0.0136. The molecule has 0 aliphatic carbocycles. The van der Waals surface area contributed by atoms with Crippen molar-refractivity contribution in [2.75, 3.05) is 30.9 Å². The monoisotopic (exact) mass is 420 g/mol. The molecule has 7 nitrogen and oxygen atoms in total. The predicted octanol–water partition coefficient (Wildman–Crippen LogP) is 3.54. The third-order valence-electron chi connectivity index (χ3n) is 3.84. The summed E-state index contributed by atoms with van der Waals surface area (Å²) in [7, 11) is 1.58. The van der Waals surface area contributed by atoms with Crippen LogP contribution in [0.2, 0.25) is 0 Å². The number of benzene rings is 1. The molecule has 3 rings (SSSR count). The summed E-state index contributed by atoms with van der Waals surface area (Å²) in [5.41, 5.74) is 0.00637. The van der Waals surface area contributed by atoms with Crippen molar-refractivity contribution in [3.8, 4) is 16.3 Å². The van der Waals surface area contributed by atoms with Crippen molar-refractivity contribution in [3.05, 3.63) is 54.0 Å². The molecule has 0 saturated heterocycles. The molecule has 0 saturated carbocycles. The Morgan fingerprint density at radius 2 is 2.03 bits per heavy atom. The molecule has 0 spiro atoms. The fourth-order valence-electron chi connectivity index (χ4n) is 2.48. The lowest BCUT2D eigenvalue weighted by molar-refractivity contribution is 0.102. The Bertz CT molecular complexity index is 993. The summed E-state index contributed by atoms with van der Waals surface area (Å²) in [6.45, 7) is 0.241. The smallest absolute Gasteiger partial charge is 0.277 e. The molecule has 2 heterocycles. The SMILES string of the molecule is CNc1sc(-c2c(F)cccc2F)nc1C(=O)Nc1cnccc1OCCCO. The van der Waals surface area contributed by atoms with Gasteiger partial charge in [-0.15, -0.1) is 0 Å². The first kappa shape index (κ1) is 20.6. The van der Waals surface area contributed by atoms with Crippen molar-refractivity contribution < 1.29 is 23.4 Å². The van der Waals surface area contributed by atoms with Gasteiger partial charge in [-0.05, 0) is 12.1 Å². The number of aromatic nitrogens is 2. The first-order valence-corrected chi connectivity index (χ1v) is 9.48. The van der Waals surface area contributed by atoms with E-state index in [2.05, 4.69) is 20.6 Å². The van der Waals surface area contributed by atoms with Gasteiger partial charge >= 0.3 is 0 Å². The number of amides is 1. The molecule has 2 aromatic heterocycles. The number of aliphatic hydroxyl groups excluding tert-OH is 1. The highest BCUT2D eigenvalue weighted by Crippen LogP contribution is 2.35. The first-order valence-electron chi connectivity index (χ1n) is 8.67. The second kappa shape index (κ2) is 9.39. The molecule has 3 aromatic rings. The number of anilines is 2. The van der Waals surface area contributed by atoms with Crippen LogP contribution in [0.5, 0.6) is 5.75 Å². The summed E-state index contributed by atoms with van der Waals surface area (Å²) in [5.74, 6) is -1.74. The maximum absolute atomic E-state index is 14.1. The lowest BCUT2D eigenvalue weighted by atomic mass is 10.2. The number of ether oxygens (including phenoxy) is 1. The van der Waals surface area contributed by atoms with Crippen LogP contribution in [0.3, 0.4) is 0 Å². The molecule has 0 unspecified atom stereocenters. The number of nitrogens with zero attached hydrogens (tertiary/aromatic N) is 2. The second-order valence-electron chi connectivity index (χ2n) is 5.79. The standard InChI is InChI=1S/C19H18F2N4O3S/c1-22-19-16(25-18(29-19)15-11(20)4-2-5-12(15)21)17(27)24-13-10-23-7-6-14(13)28-9-3-8-26/h2,4-7,10,22,26H,3,8-9H2,1H3,(H,24,27). The minimum atomic E-state index is -0.764. The zero-order valence-electron chi connectivity index (χ0n) is 15.4. The third-order valence-corrected chi connectivity index (χ3v) is 4.93. The van der Waals surface area contributed by atoms with Crippen LogP contribution in [0.4, 0.5) is 19.5 Å². The van der Waals surface area contributed by atoms with Crippen LogP contribution in [0, 0.1) is 11.6 Å². The van der Waals surface area contributed by atoms with Gasteiger partial charge in [0, 0.05) is 32.3 Å². The molecule has 0 atom stereocenters. The van der Waals surface area contributed by atoms with Gasteiger partial charge in [-0.1, -0.05) is 17.4 Å². The number of aliphatic hydroxyl groups is 1. The van der Waals surface area contributed by atoms with E-state index < -0.39 is 17.5 Å². The van der Waals surface area contributed by atoms with Gasteiger partial charge in [-0.25, -0.2) is 13.8 Å². The largest absolute Gasteiger partial charge is 0.491 e. The fourth-order valence-corrected chi connectivity index (χ4v) is 3.45. The van der Waals surface area contributed by atoms with E-state index in [9.17, 15) is 13.6 Å². The van der Waals surface area contributed by atoms with Gasteiger partial charge in [-0.3, -0.25) is 9.78 Å². The highest BCUT2D eigenvalue weighted by atomic mass is 32.1. The molecule has 10 heteroatoms. The lowest BCUT2D eigenvalue weighted by Crippen LogP contribution is -2.15. The summed E-state index contributed by atoms with van der Waals surface area (Å²) in [6, 6.07) is 5.09. The van der Waals surface area contributed by atoms with Crippen molar-refractivity contribution in [2.45, 2.75) is 6.42 Å². The highest BCUT2D eigenvalue weighted by Gasteiger charge is 2.23.